The highest BCUT2D eigenvalue weighted by Crippen LogP contribution is 2.46. The van der Waals surface area contributed by atoms with Gasteiger partial charge in [-0.15, -0.1) is 0 Å². The van der Waals surface area contributed by atoms with Crippen molar-refractivity contribution in [2.45, 2.75) is 98.4 Å². The molecule has 0 heterocycles. The summed E-state index contributed by atoms with van der Waals surface area (Å²) in [6.45, 7) is 11.6. The number of aliphatic hydroxyl groups is 1. The quantitative estimate of drug-likeness (QED) is 0.145. The van der Waals surface area contributed by atoms with E-state index in [0.717, 1.165) is 29.7 Å². The molecular formula is C33H40F6O5. The fraction of sp³-hybridized carbons (Fsp3) is 0.515. The number of fused-ring (bicyclic) bond motifs is 2. The summed E-state index contributed by atoms with van der Waals surface area (Å²) in [5.41, 5.74) is -5.32. The van der Waals surface area contributed by atoms with Crippen molar-refractivity contribution in [2.24, 2.45) is 10.8 Å². The maximum atomic E-state index is 12.5. The van der Waals surface area contributed by atoms with Crippen molar-refractivity contribution in [3.05, 3.63) is 60.2 Å². The van der Waals surface area contributed by atoms with Crippen LogP contribution in [0.2, 0.25) is 0 Å². The van der Waals surface area contributed by atoms with Gasteiger partial charge in [0, 0.05) is 12.0 Å². The molecule has 3 rings (SSSR count). The van der Waals surface area contributed by atoms with E-state index in [4.69, 9.17) is 9.84 Å². The van der Waals surface area contributed by atoms with E-state index in [2.05, 4.69) is 35.1 Å². The summed E-state index contributed by atoms with van der Waals surface area (Å²) < 4.78 is 85.2. The molecular weight excluding hydrogens is 590 g/mol. The lowest BCUT2D eigenvalue weighted by Gasteiger charge is -2.34. The molecule has 5 nitrogen and oxygen atoms in total. The van der Waals surface area contributed by atoms with Gasteiger partial charge in [0.1, 0.15) is 12.7 Å². The van der Waals surface area contributed by atoms with Crippen LogP contribution in [-0.4, -0.2) is 41.1 Å². The molecule has 0 aliphatic rings. The third-order valence-electron chi connectivity index (χ3n) is 7.93. The lowest BCUT2D eigenvalue weighted by Crippen LogP contribution is -2.58. The average Bonchev–Trinajstić information content (AvgIpc) is 2.93. The Morgan fingerprint density at radius 1 is 0.750 bits per heavy atom. The van der Waals surface area contributed by atoms with Crippen molar-refractivity contribution in [2.75, 3.05) is 0 Å². The molecule has 0 saturated carbocycles. The fourth-order valence-corrected chi connectivity index (χ4v) is 4.08. The summed E-state index contributed by atoms with van der Waals surface area (Å²) in [4.78, 5) is 23.9. The van der Waals surface area contributed by atoms with Crippen LogP contribution >= 0.6 is 0 Å². The summed E-state index contributed by atoms with van der Waals surface area (Å²) in [6, 6.07) is 18.7. The molecule has 1 unspecified atom stereocenters. The van der Waals surface area contributed by atoms with Crippen LogP contribution in [0.15, 0.2) is 54.6 Å². The molecule has 0 radical (unpaired) electrons. The van der Waals surface area contributed by atoms with Gasteiger partial charge in [-0.05, 0) is 75.1 Å². The Morgan fingerprint density at radius 3 is 1.57 bits per heavy atom. The highest BCUT2D eigenvalue weighted by molar-refractivity contribution is 6.02. The van der Waals surface area contributed by atoms with Crippen LogP contribution in [0.25, 0.3) is 21.5 Å². The van der Waals surface area contributed by atoms with E-state index in [0.29, 0.717) is 13.0 Å². The number of carbonyl (C=O) groups is 2. The Labute approximate surface area is 253 Å². The van der Waals surface area contributed by atoms with Crippen LogP contribution in [0.1, 0.15) is 73.3 Å². The average molecular weight is 631 g/mol. The summed E-state index contributed by atoms with van der Waals surface area (Å²) >= 11 is 0. The van der Waals surface area contributed by atoms with Gasteiger partial charge in [0.2, 0.25) is 0 Å². The predicted molar refractivity (Wildman–Crippen MR) is 157 cm³/mol. The maximum absolute atomic E-state index is 12.5. The Hall–Kier alpha value is -3.34. The Bertz CT molecular complexity index is 1370. The minimum Gasteiger partial charge on any atom is -0.462 e. The van der Waals surface area contributed by atoms with Gasteiger partial charge in [-0.2, -0.15) is 26.3 Å². The molecule has 0 fully saturated rings. The second-order valence-corrected chi connectivity index (χ2v) is 12.1. The van der Waals surface area contributed by atoms with E-state index in [-0.39, 0.29) is 5.97 Å². The summed E-state index contributed by atoms with van der Waals surface area (Å²) in [7, 11) is 0. The number of halogens is 6. The minimum atomic E-state index is -5.92. The number of hydrogen-bond acceptors (Lipinski definition) is 5. The second-order valence-electron chi connectivity index (χ2n) is 12.1. The van der Waals surface area contributed by atoms with Crippen molar-refractivity contribution < 1.29 is 50.5 Å². The Balaban J connectivity index is 0.000000309. The fourth-order valence-electron chi connectivity index (χ4n) is 4.08. The van der Waals surface area contributed by atoms with Gasteiger partial charge in [-0.25, -0.2) is 0 Å². The van der Waals surface area contributed by atoms with Crippen molar-refractivity contribution in [3.63, 3.8) is 0 Å². The second kappa shape index (κ2) is 13.7. The van der Waals surface area contributed by atoms with Crippen LogP contribution in [0.5, 0.6) is 0 Å². The minimum absolute atomic E-state index is 0.142. The zero-order chi connectivity index (χ0) is 33.7. The first-order valence-corrected chi connectivity index (χ1v) is 14.2. The van der Waals surface area contributed by atoms with Crippen LogP contribution in [0.3, 0.4) is 0 Å². The molecule has 0 bridgehead atoms. The molecule has 44 heavy (non-hydrogen) atoms. The number of carbonyl (C=O) groups excluding carboxylic acids is 2. The van der Waals surface area contributed by atoms with Crippen molar-refractivity contribution >= 4 is 33.5 Å². The lowest BCUT2D eigenvalue weighted by molar-refractivity contribution is -0.373. The molecule has 1 N–H and O–H groups in total. The Morgan fingerprint density at radius 2 is 1.16 bits per heavy atom. The van der Waals surface area contributed by atoms with Gasteiger partial charge in [-0.1, -0.05) is 62.4 Å². The summed E-state index contributed by atoms with van der Waals surface area (Å²) in [5.74, 6) is -1.07. The van der Waals surface area contributed by atoms with Crippen LogP contribution in [0, 0.1) is 10.8 Å². The molecule has 0 aromatic heterocycles. The van der Waals surface area contributed by atoms with Gasteiger partial charge >= 0.3 is 24.3 Å². The van der Waals surface area contributed by atoms with E-state index >= 15 is 0 Å². The van der Waals surface area contributed by atoms with Crippen LogP contribution < -0.4 is 0 Å². The highest BCUT2D eigenvalue weighted by Gasteiger charge is 2.70. The maximum Gasteiger partial charge on any atom is 0.426 e. The third kappa shape index (κ3) is 8.43. The van der Waals surface area contributed by atoms with Crippen molar-refractivity contribution in [1.29, 1.82) is 0 Å². The third-order valence-corrected chi connectivity index (χ3v) is 7.93. The molecule has 0 aliphatic heterocycles. The molecule has 0 aliphatic carbocycles. The van der Waals surface area contributed by atoms with Crippen molar-refractivity contribution in [1.82, 2.24) is 0 Å². The topological polar surface area (TPSA) is 72.8 Å². The molecule has 3 aromatic carbocycles. The molecule has 244 valence electrons. The van der Waals surface area contributed by atoms with E-state index in [1.807, 2.05) is 45.0 Å². The molecule has 0 spiro atoms. The van der Waals surface area contributed by atoms with Gasteiger partial charge in [0.25, 0.3) is 5.60 Å². The molecule has 0 saturated heterocycles. The highest BCUT2D eigenvalue weighted by atomic mass is 19.4. The van der Waals surface area contributed by atoms with Crippen LogP contribution in [0.4, 0.5) is 26.3 Å². The first-order valence-electron chi connectivity index (χ1n) is 14.2. The van der Waals surface area contributed by atoms with Gasteiger partial charge in [-0.3, -0.25) is 9.59 Å². The van der Waals surface area contributed by atoms with E-state index < -0.39 is 47.3 Å². The number of alkyl halides is 6. The first-order chi connectivity index (χ1) is 20.1. The lowest BCUT2D eigenvalue weighted by atomic mass is 9.90. The smallest absolute Gasteiger partial charge is 0.426 e. The predicted octanol–water partition coefficient (Wildman–Crippen LogP) is 9.07. The first kappa shape index (κ1) is 36.8. The number of ether oxygens (including phenoxy) is 2. The summed E-state index contributed by atoms with van der Waals surface area (Å²) in [5, 5.41) is 13.6. The number of benzene rings is 3. The molecule has 0 amide bonds. The van der Waals surface area contributed by atoms with E-state index in [1.165, 1.54) is 24.6 Å². The van der Waals surface area contributed by atoms with E-state index in [1.54, 1.807) is 6.92 Å². The zero-order valence-electron chi connectivity index (χ0n) is 25.9. The monoisotopic (exact) mass is 630 g/mol. The van der Waals surface area contributed by atoms with Crippen LogP contribution in [-0.2, 0) is 25.7 Å². The molecule has 1 atom stereocenters. The standard InChI is InChI=1S/C21H22O2.C12H18F6O3/c1-4-21(2,3)20(22)23-14-19-17-11-7-5-9-15(17)13-16-10-6-8-12-18(16)19;1-5-9(3,4)8(19)21-7(2)6-10(20,11(13,14)15)12(16,17)18/h5-13H,4,14H2,1-3H3;7,20H,5-6H2,1-4H3. The number of rotatable bonds is 9. The number of esters is 2. The van der Waals surface area contributed by atoms with E-state index in [9.17, 15) is 35.9 Å². The SMILES string of the molecule is CCC(C)(C)C(=O)OC(C)CC(O)(C(F)(F)F)C(F)(F)F.CCC(C)(C)C(=O)OCc1c2ccccc2cc2ccccc12. The van der Waals surface area contributed by atoms with Gasteiger partial charge in [0.15, 0.2) is 0 Å². The summed E-state index contributed by atoms with van der Waals surface area (Å²) in [6.07, 6.45) is -14.4. The Kier molecular flexibility index (Phi) is 11.5. The molecule has 3 aromatic rings. The largest absolute Gasteiger partial charge is 0.462 e. The zero-order valence-corrected chi connectivity index (χ0v) is 25.9. The normalized spacial score (nSPS) is 13.7. The van der Waals surface area contributed by atoms with Gasteiger partial charge < -0.3 is 14.6 Å². The van der Waals surface area contributed by atoms with Crippen molar-refractivity contribution in [3.8, 4) is 0 Å². The van der Waals surface area contributed by atoms with Gasteiger partial charge in [0.05, 0.1) is 10.8 Å². The molecule has 11 heteroatoms. The number of hydrogen-bond donors (Lipinski definition) is 1.